The standard InChI is InChI=1S/C20H17F7O4/c1-3-4-9-29-19(28)10(2)30-11-5-7-12(8-6-11)31-18-16(23)14(21)13(20(25,26)27)15(22)17(18)24/h5-8,10H,3-4,9H2,1-2H3. The Bertz CT molecular complexity index is 898. The summed E-state index contributed by atoms with van der Waals surface area (Å²) in [5.41, 5.74) is -2.70. The summed E-state index contributed by atoms with van der Waals surface area (Å²) < 4.78 is 108. The SMILES string of the molecule is CCCCOC(=O)C(C)Oc1ccc(Oc2c(F)c(F)c(C(F)(F)F)c(F)c2F)cc1. The van der Waals surface area contributed by atoms with E-state index in [2.05, 4.69) is 0 Å². The Morgan fingerprint density at radius 1 is 0.935 bits per heavy atom. The molecule has 1 unspecified atom stereocenters. The highest BCUT2D eigenvalue weighted by molar-refractivity contribution is 5.74. The molecule has 0 heterocycles. The summed E-state index contributed by atoms with van der Waals surface area (Å²) in [7, 11) is 0. The minimum Gasteiger partial charge on any atom is -0.479 e. The third kappa shape index (κ3) is 5.80. The van der Waals surface area contributed by atoms with Crippen molar-refractivity contribution < 1.29 is 49.7 Å². The van der Waals surface area contributed by atoms with E-state index in [0.29, 0.717) is 6.42 Å². The lowest BCUT2D eigenvalue weighted by molar-refractivity contribution is -0.151. The Balaban J connectivity index is 2.16. The van der Waals surface area contributed by atoms with Crippen LogP contribution in [-0.2, 0) is 15.7 Å². The van der Waals surface area contributed by atoms with Crippen LogP contribution < -0.4 is 9.47 Å². The van der Waals surface area contributed by atoms with Crippen LogP contribution in [0.4, 0.5) is 30.7 Å². The highest BCUT2D eigenvalue weighted by atomic mass is 19.4. The van der Waals surface area contributed by atoms with Gasteiger partial charge in [0, 0.05) is 0 Å². The minimum absolute atomic E-state index is 0.123. The maximum atomic E-state index is 13.9. The Morgan fingerprint density at radius 2 is 1.45 bits per heavy atom. The molecule has 2 aromatic carbocycles. The number of alkyl halides is 3. The van der Waals surface area contributed by atoms with Gasteiger partial charge >= 0.3 is 12.1 Å². The van der Waals surface area contributed by atoms with E-state index in [1.165, 1.54) is 19.1 Å². The molecule has 0 radical (unpaired) electrons. The largest absolute Gasteiger partial charge is 0.479 e. The fraction of sp³-hybridized carbons (Fsp3) is 0.350. The zero-order valence-electron chi connectivity index (χ0n) is 16.3. The number of carbonyl (C=O) groups excluding carboxylic acids is 1. The van der Waals surface area contributed by atoms with Crippen LogP contribution in [-0.4, -0.2) is 18.7 Å². The molecule has 0 bridgehead atoms. The van der Waals surface area contributed by atoms with Crippen LogP contribution >= 0.6 is 0 Å². The maximum Gasteiger partial charge on any atom is 0.422 e. The number of benzene rings is 2. The zero-order valence-corrected chi connectivity index (χ0v) is 16.3. The number of unbranched alkanes of at least 4 members (excludes halogenated alkanes) is 1. The molecule has 0 saturated heterocycles. The van der Waals surface area contributed by atoms with Crippen LogP contribution in [0.25, 0.3) is 0 Å². The second-order valence-corrected chi connectivity index (χ2v) is 6.31. The van der Waals surface area contributed by atoms with Crippen molar-refractivity contribution in [3.05, 3.63) is 53.1 Å². The summed E-state index contributed by atoms with van der Waals surface area (Å²) in [5.74, 6) is -12.5. The molecule has 0 saturated carbocycles. The molecule has 0 N–H and O–H groups in total. The third-order valence-electron chi connectivity index (χ3n) is 3.94. The van der Waals surface area contributed by atoms with Gasteiger partial charge in [0.25, 0.3) is 0 Å². The first-order valence-corrected chi connectivity index (χ1v) is 9.01. The lowest BCUT2D eigenvalue weighted by atomic mass is 10.1. The highest BCUT2D eigenvalue weighted by Gasteiger charge is 2.42. The molecule has 2 aromatic rings. The summed E-state index contributed by atoms with van der Waals surface area (Å²) in [4.78, 5) is 11.8. The van der Waals surface area contributed by atoms with Crippen LogP contribution in [0.1, 0.15) is 32.3 Å². The van der Waals surface area contributed by atoms with Gasteiger partial charge in [0.15, 0.2) is 17.7 Å². The minimum atomic E-state index is -5.65. The highest BCUT2D eigenvalue weighted by Crippen LogP contribution is 2.40. The summed E-state index contributed by atoms with van der Waals surface area (Å²) in [6.07, 6.45) is -5.11. The Labute approximate surface area is 172 Å². The summed E-state index contributed by atoms with van der Waals surface area (Å²) in [5, 5.41) is 0. The van der Waals surface area contributed by atoms with Gasteiger partial charge in [-0.15, -0.1) is 0 Å². The van der Waals surface area contributed by atoms with E-state index in [0.717, 1.165) is 18.6 Å². The van der Waals surface area contributed by atoms with Crippen molar-refractivity contribution in [1.82, 2.24) is 0 Å². The Morgan fingerprint density at radius 3 is 1.94 bits per heavy atom. The zero-order chi connectivity index (χ0) is 23.3. The molecular formula is C20H17F7O4. The van der Waals surface area contributed by atoms with Gasteiger partial charge in [-0.2, -0.15) is 22.0 Å². The van der Waals surface area contributed by atoms with E-state index in [9.17, 15) is 35.5 Å². The first kappa shape index (κ1) is 24.3. The van der Waals surface area contributed by atoms with E-state index < -0.39 is 52.8 Å². The average molecular weight is 454 g/mol. The van der Waals surface area contributed by atoms with Gasteiger partial charge in [-0.05, 0) is 37.6 Å². The van der Waals surface area contributed by atoms with Crippen LogP contribution in [0.3, 0.4) is 0 Å². The first-order chi connectivity index (χ1) is 14.5. The van der Waals surface area contributed by atoms with Crippen molar-refractivity contribution in [3.8, 4) is 17.2 Å². The predicted molar refractivity (Wildman–Crippen MR) is 93.7 cm³/mol. The second kappa shape index (κ2) is 9.88. The number of esters is 1. The molecule has 0 aliphatic rings. The lowest BCUT2D eigenvalue weighted by Gasteiger charge is -2.15. The number of ether oxygens (including phenoxy) is 3. The molecule has 0 aliphatic heterocycles. The molecule has 11 heteroatoms. The molecule has 0 spiro atoms. The van der Waals surface area contributed by atoms with Crippen LogP contribution in [0.2, 0.25) is 0 Å². The summed E-state index contributed by atoms with van der Waals surface area (Å²) in [6, 6.07) is 4.54. The van der Waals surface area contributed by atoms with E-state index >= 15 is 0 Å². The topological polar surface area (TPSA) is 44.8 Å². The first-order valence-electron chi connectivity index (χ1n) is 9.01. The average Bonchev–Trinajstić information content (AvgIpc) is 2.70. The molecule has 31 heavy (non-hydrogen) atoms. The maximum absolute atomic E-state index is 13.9. The van der Waals surface area contributed by atoms with Gasteiger partial charge in [-0.1, -0.05) is 13.3 Å². The van der Waals surface area contributed by atoms with Gasteiger partial charge in [0.2, 0.25) is 17.4 Å². The van der Waals surface area contributed by atoms with Crippen molar-refractivity contribution in [3.63, 3.8) is 0 Å². The molecule has 0 amide bonds. The van der Waals surface area contributed by atoms with Crippen molar-refractivity contribution in [2.75, 3.05) is 6.61 Å². The molecule has 4 nitrogen and oxygen atoms in total. The molecule has 1 atom stereocenters. The van der Waals surface area contributed by atoms with Crippen LogP contribution in [0.15, 0.2) is 24.3 Å². The molecule has 0 fully saturated rings. The molecular weight excluding hydrogens is 437 g/mol. The molecule has 0 aliphatic carbocycles. The predicted octanol–water partition coefficient (Wildman–Crippen LogP) is 6.16. The smallest absolute Gasteiger partial charge is 0.422 e. The van der Waals surface area contributed by atoms with Gasteiger partial charge in [0.05, 0.1) is 6.61 Å². The fourth-order valence-corrected chi connectivity index (χ4v) is 2.34. The Hall–Kier alpha value is -2.98. The molecule has 170 valence electrons. The van der Waals surface area contributed by atoms with Crippen LogP contribution in [0, 0.1) is 23.3 Å². The van der Waals surface area contributed by atoms with Gasteiger partial charge in [0.1, 0.15) is 17.1 Å². The van der Waals surface area contributed by atoms with Crippen molar-refractivity contribution >= 4 is 5.97 Å². The Kier molecular flexibility index (Phi) is 7.75. The van der Waals surface area contributed by atoms with E-state index in [4.69, 9.17) is 14.2 Å². The monoisotopic (exact) mass is 454 g/mol. The molecule has 0 aromatic heterocycles. The van der Waals surface area contributed by atoms with Crippen LogP contribution in [0.5, 0.6) is 17.2 Å². The van der Waals surface area contributed by atoms with Gasteiger partial charge in [-0.25, -0.2) is 13.6 Å². The fourth-order valence-electron chi connectivity index (χ4n) is 2.34. The number of halogens is 7. The van der Waals surface area contributed by atoms with E-state index in [-0.39, 0.29) is 18.1 Å². The number of carbonyl (C=O) groups is 1. The van der Waals surface area contributed by atoms with Gasteiger partial charge in [-0.3, -0.25) is 0 Å². The normalized spacial score (nSPS) is 12.4. The van der Waals surface area contributed by atoms with Crippen molar-refractivity contribution in [2.45, 2.75) is 39.0 Å². The van der Waals surface area contributed by atoms with Gasteiger partial charge < -0.3 is 14.2 Å². The number of hydrogen-bond donors (Lipinski definition) is 0. The lowest BCUT2D eigenvalue weighted by Crippen LogP contribution is -2.26. The summed E-state index contributed by atoms with van der Waals surface area (Å²) in [6.45, 7) is 3.58. The third-order valence-corrected chi connectivity index (χ3v) is 3.94. The summed E-state index contributed by atoms with van der Waals surface area (Å²) >= 11 is 0. The second-order valence-electron chi connectivity index (χ2n) is 6.31. The van der Waals surface area contributed by atoms with E-state index in [1.807, 2.05) is 6.92 Å². The van der Waals surface area contributed by atoms with Crippen molar-refractivity contribution in [1.29, 1.82) is 0 Å². The number of rotatable bonds is 8. The van der Waals surface area contributed by atoms with E-state index in [1.54, 1.807) is 0 Å². The number of hydrogen-bond acceptors (Lipinski definition) is 4. The quantitative estimate of drug-likeness (QED) is 0.207. The molecule has 2 rings (SSSR count). The van der Waals surface area contributed by atoms with Crippen molar-refractivity contribution in [2.24, 2.45) is 0 Å².